The van der Waals surface area contributed by atoms with Crippen LogP contribution in [-0.2, 0) is 14.3 Å². The number of carboxylic acids is 1. The number of carbonyl (C=O) groups is 1. The molecule has 0 aromatic rings. The van der Waals surface area contributed by atoms with Gasteiger partial charge in [0.25, 0.3) is 0 Å². The van der Waals surface area contributed by atoms with Crippen LogP contribution in [0.1, 0.15) is 44.9 Å². The Labute approximate surface area is 135 Å². The third-order valence-electron chi connectivity index (χ3n) is 3.92. The van der Waals surface area contributed by atoms with Crippen molar-refractivity contribution in [2.45, 2.75) is 75.7 Å². The van der Waals surface area contributed by atoms with Gasteiger partial charge in [0.05, 0.1) is 6.61 Å². The monoisotopic (exact) mass is 336 g/mol. The number of hydrogen-bond acceptors (Lipinski definition) is 7. The summed E-state index contributed by atoms with van der Waals surface area (Å²) >= 11 is 0. The Morgan fingerprint density at radius 2 is 1.52 bits per heavy atom. The topological polar surface area (TPSA) is 137 Å². The number of aliphatic hydroxyl groups is 4. The molecule has 1 rings (SSSR count). The molecule has 5 unspecified atom stereocenters. The molecule has 0 aliphatic carbocycles. The van der Waals surface area contributed by atoms with Crippen molar-refractivity contribution in [3.8, 4) is 0 Å². The Morgan fingerprint density at radius 3 is 2.13 bits per heavy atom. The number of carboxylic acid groups (broad SMARTS) is 1. The minimum Gasteiger partial charge on any atom is -0.481 e. The fourth-order valence-corrected chi connectivity index (χ4v) is 2.49. The number of rotatable bonds is 11. The van der Waals surface area contributed by atoms with E-state index in [2.05, 4.69) is 0 Å². The van der Waals surface area contributed by atoms with Crippen LogP contribution < -0.4 is 0 Å². The van der Waals surface area contributed by atoms with E-state index >= 15 is 0 Å². The highest BCUT2D eigenvalue weighted by molar-refractivity contribution is 5.66. The highest BCUT2D eigenvalue weighted by Gasteiger charge is 2.43. The van der Waals surface area contributed by atoms with Gasteiger partial charge < -0.3 is 35.0 Å². The summed E-state index contributed by atoms with van der Waals surface area (Å²) in [5.74, 6) is -0.766. The van der Waals surface area contributed by atoms with Gasteiger partial charge >= 0.3 is 5.97 Å². The van der Waals surface area contributed by atoms with Crippen LogP contribution in [-0.4, -0.2) is 75.4 Å². The summed E-state index contributed by atoms with van der Waals surface area (Å²) in [6.45, 7) is -0.140. The zero-order valence-electron chi connectivity index (χ0n) is 13.2. The molecule has 0 amide bonds. The summed E-state index contributed by atoms with van der Waals surface area (Å²) in [5, 5.41) is 46.6. The third-order valence-corrected chi connectivity index (χ3v) is 3.92. The van der Waals surface area contributed by atoms with Crippen molar-refractivity contribution in [2.24, 2.45) is 0 Å². The van der Waals surface area contributed by atoms with Gasteiger partial charge in [-0.2, -0.15) is 0 Å². The first-order valence-electron chi connectivity index (χ1n) is 8.11. The molecular weight excluding hydrogens is 308 g/mol. The number of aliphatic carboxylic acids is 1. The van der Waals surface area contributed by atoms with Gasteiger partial charge in [-0.1, -0.05) is 25.7 Å². The second kappa shape index (κ2) is 10.9. The lowest BCUT2D eigenvalue weighted by atomic mass is 9.99. The molecule has 23 heavy (non-hydrogen) atoms. The zero-order chi connectivity index (χ0) is 17.2. The fraction of sp³-hybridized carbons (Fsp3) is 0.933. The lowest BCUT2D eigenvalue weighted by molar-refractivity contribution is -0.301. The van der Waals surface area contributed by atoms with Crippen molar-refractivity contribution in [1.82, 2.24) is 0 Å². The van der Waals surface area contributed by atoms with Crippen molar-refractivity contribution < 1.29 is 39.8 Å². The summed E-state index contributed by atoms with van der Waals surface area (Å²) in [7, 11) is 0. The van der Waals surface area contributed by atoms with E-state index in [0.29, 0.717) is 13.0 Å². The highest BCUT2D eigenvalue weighted by atomic mass is 16.7. The van der Waals surface area contributed by atoms with Crippen molar-refractivity contribution in [3.63, 3.8) is 0 Å². The molecular formula is C15H28O8. The molecule has 8 nitrogen and oxygen atoms in total. The minimum atomic E-state index is -1.42. The summed E-state index contributed by atoms with van der Waals surface area (Å²) < 4.78 is 10.6. The lowest BCUT2D eigenvalue weighted by Crippen LogP contribution is -2.59. The summed E-state index contributed by atoms with van der Waals surface area (Å²) in [6, 6.07) is 0. The van der Waals surface area contributed by atoms with Crippen LogP contribution in [0.15, 0.2) is 0 Å². The number of unbranched alkanes of at least 4 members (excludes halogenated alkanes) is 5. The van der Waals surface area contributed by atoms with Crippen LogP contribution in [0.3, 0.4) is 0 Å². The van der Waals surface area contributed by atoms with Crippen LogP contribution in [0.4, 0.5) is 0 Å². The van der Waals surface area contributed by atoms with Crippen LogP contribution in [0.25, 0.3) is 0 Å². The molecule has 1 aliphatic rings. The van der Waals surface area contributed by atoms with Gasteiger partial charge in [-0.05, 0) is 12.8 Å². The molecule has 0 saturated carbocycles. The second-order valence-electron chi connectivity index (χ2n) is 5.83. The molecule has 1 saturated heterocycles. The predicted octanol–water partition coefficient (Wildman–Crippen LogP) is -0.382. The fourth-order valence-electron chi connectivity index (χ4n) is 2.49. The second-order valence-corrected chi connectivity index (χ2v) is 5.83. The van der Waals surface area contributed by atoms with Gasteiger partial charge in [0.2, 0.25) is 0 Å². The first-order valence-corrected chi connectivity index (χ1v) is 8.11. The number of ether oxygens (including phenoxy) is 2. The first-order chi connectivity index (χ1) is 11.0. The summed E-state index contributed by atoms with van der Waals surface area (Å²) in [6.07, 6.45) is -0.793. The van der Waals surface area contributed by atoms with Gasteiger partial charge in [-0.3, -0.25) is 4.79 Å². The SMILES string of the molecule is O=C(O)CCCCCCCCOC1OC(CO)C(O)C(O)C1O. The standard InChI is InChI=1S/C15H28O8/c16-9-10-12(19)13(20)14(21)15(23-10)22-8-6-4-2-1-3-5-7-11(17)18/h10,12-16,19-21H,1-9H2,(H,17,18). The Kier molecular flexibility index (Phi) is 9.61. The highest BCUT2D eigenvalue weighted by Crippen LogP contribution is 2.22. The van der Waals surface area contributed by atoms with E-state index in [1.54, 1.807) is 0 Å². The largest absolute Gasteiger partial charge is 0.481 e. The maximum atomic E-state index is 10.3. The average molecular weight is 336 g/mol. The Morgan fingerprint density at radius 1 is 0.913 bits per heavy atom. The molecule has 0 spiro atoms. The van der Waals surface area contributed by atoms with Gasteiger partial charge in [0.1, 0.15) is 24.4 Å². The van der Waals surface area contributed by atoms with Crippen LogP contribution in [0, 0.1) is 0 Å². The molecule has 1 heterocycles. The third kappa shape index (κ3) is 7.11. The molecule has 136 valence electrons. The number of aliphatic hydroxyl groups excluding tert-OH is 4. The summed E-state index contributed by atoms with van der Waals surface area (Å²) in [4.78, 5) is 10.3. The smallest absolute Gasteiger partial charge is 0.303 e. The van der Waals surface area contributed by atoms with Crippen LogP contribution in [0.2, 0.25) is 0 Å². The van der Waals surface area contributed by atoms with Gasteiger partial charge in [0, 0.05) is 13.0 Å². The van der Waals surface area contributed by atoms with E-state index < -0.39 is 43.3 Å². The molecule has 5 atom stereocenters. The molecule has 8 heteroatoms. The maximum absolute atomic E-state index is 10.3. The zero-order valence-corrected chi connectivity index (χ0v) is 13.2. The van der Waals surface area contributed by atoms with E-state index in [9.17, 15) is 20.1 Å². The number of hydrogen-bond donors (Lipinski definition) is 5. The van der Waals surface area contributed by atoms with E-state index in [-0.39, 0.29) is 6.42 Å². The quantitative estimate of drug-likeness (QED) is 0.322. The lowest BCUT2D eigenvalue weighted by Gasteiger charge is -2.39. The van der Waals surface area contributed by atoms with E-state index in [4.69, 9.17) is 19.7 Å². The minimum absolute atomic E-state index is 0.209. The van der Waals surface area contributed by atoms with Crippen molar-refractivity contribution >= 4 is 5.97 Å². The first kappa shape index (κ1) is 20.3. The average Bonchev–Trinajstić information content (AvgIpc) is 2.52. The normalized spacial score (nSPS) is 31.2. The molecule has 0 aromatic heterocycles. The van der Waals surface area contributed by atoms with Gasteiger partial charge in [0.15, 0.2) is 6.29 Å². The molecule has 1 aliphatic heterocycles. The Balaban J connectivity index is 2.09. The van der Waals surface area contributed by atoms with Crippen molar-refractivity contribution in [1.29, 1.82) is 0 Å². The molecule has 1 fully saturated rings. The maximum Gasteiger partial charge on any atom is 0.303 e. The molecule has 0 radical (unpaired) electrons. The van der Waals surface area contributed by atoms with Gasteiger partial charge in [-0.25, -0.2) is 0 Å². The van der Waals surface area contributed by atoms with E-state index in [0.717, 1.165) is 32.1 Å². The van der Waals surface area contributed by atoms with Gasteiger partial charge in [-0.15, -0.1) is 0 Å². The summed E-state index contributed by atoms with van der Waals surface area (Å²) in [5.41, 5.74) is 0. The molecule has 0 bridgehead atoms. The Bertz CT molecular complexity index is 335. The van der Waals surface area contributed by atoms with Crippen molar-refractivity contribution in [2.75, 3.05) is 13.2 Å². The van der Waals surface area contributed by atoms with E-state index in [1.807, 2.05) is 0 Å². The van der Waals surface area contributed by atoms with E-state index in [1.165, 1.54) is 0 Å². The molecule has 0 aromatic carbocycles. The van der Waals surface area contributed by atoms with Crippen molar-refractivity contribution in [3.05, 3.63) is 0 Å². The molecule has 5 N–H and O–H groups in total. The van der Waals surface area contributed by atoms with Crippen LogP contribution in [0.5, 0.6) is 0 Å². The van der Waals surface area contributed by atoms with Crippen LogP contribution >= 0.6 is 0 Å². The Hall–Kier alpha value is -0.770. The predicted molar refractivity (Wildman–Crippen MR) is 79.7 cm³/mol.